The van der Waals surface area contributed by atoms with Gasteiger partial charge >= 0.3 is 5.97 Å². The normalized spacial score (nSPS) is 23.6. The predicted molar refractivity (Wildman–Crippen MR) is 96.3 cm³/mol. The van der Waals surface area contributed by atoms with Gasteiger partial charge in [0.2, 0.25) is 0 Å². The number of hydrogen-bond acceptors (Lipinski definition) is 2. The first-order valence-electron chi connectivity index (χ1n) is 9.57. The lowest BCUT2D eigenvalue weighted by molar-refractivity contribution is 0.0498. The quantitative estimate of drug-likeness (QED) is 0.371. The Bertz CT molecular complexity index is 466. The molecule has 0 radical (unpaired) electrons. The van der Waals surface area contributed by atoms with Crippen molar-refractivity contribution in [2.45, 2.75) is 75.7 Å². The van der Waals surface area contributed by atoms with E-state index in [9.17, 15) is 4.79 Å². The third-order valence-electron chi connectivity index (χ3n) is 5.94. The van der Waals surface area contributed by atoms with Gasteiger partial charge in [-0.1, -0.05) is 87.5 Å². The molecule has 0 aromatic heterocycles. The number of benzene rings is 1. The molecule has 0 spiro atoms. The Balaban J connectivity index is 1.29. The van der Waals surface area contributed by atoms with E-state index in [2.05, 4.69) is 0 Å². The Morgan fingerprint density at radius 1 is 0.957 bits per heavy atom. The van der Waals surface area contributed by atoms with Gasteiger partial charge in [0.25, 0.3) is 0 Å². The summed E-state index contributed by atoms with van der Waals surface area (Å²) >= 11 is 0. The van der Waals surface area contributed by atoms with Gasteiger partial charge in [0.15, 0.2) is 0 Å². The summed E-state index contributed by atoms with van der Waals surface area (Å²) in [7, 11) is 0. The molecule has 2 fully saturated rings. The van der Waals surface area contributed by atoms with E-state index >= 15 is 0 Å². The van der Waals surface area contributed by atoms with E-state index in [-0.39, 0.29) is 5.97 Å². The summed E-state index contributed by atoms with van der Waals surface area (Å²) in [4.78, 5) is 11.8. The smallest absolute Gasteiger partial charge is 0.338 e. The second-order valence-electron chi connectivity index (χ2n) is 7.40. The maximum atomic E-state index is 11.8. The Morgan fingerprint density at radius 2 is 1.61 bits per heavy atom. The third kappa shape index (κ3) is 4.62. The standard InChI is InChI=1S/C20H29BO2/c22-20(17-9-3-1-4-10-17)23-16-6-2-5-15-21-18-11-7-12-19(21)14-8-13-18/h1,3-4,9-10,18-19H,2,5-8,11-16H2. The SMILES string of the molecule is O=C(OCCCCCB1C2CCCC1CCC2)c1ccccc1. The number of unbranched alkanes of at least 4 members (excludes halogenated alkanes) is 2. The monoisotopic (exact) mass is 312 g/mol. The van der Waals surface area contributed by atoms with Crippen LogP contribution in [0.4, 0.5) is 0 Å². The highest BCUT2D eigenvalue weighted by Crippen LogP contribution is 2.48. The minimum Gasteiger partial charge on any atom is -0.462 e. The molecule has 3 heteroatoms. The summed E-state index contributed by atoms with van der Waals surface area (Å²) in [6, 6.07) is 9.28. The Kier molecular flexibility index (Phi) is 6.18. The molecule has 0 aliphatic carbocycles. The molecule has 124 valence electrons. The maximum Gasteiger partial charge on any atom is 0.338 e. The van der Waals surface area contributed by atoms with Gasteiger partial charge in [0.1, 0.15) is 6.71 Å². The molecule has 1 aromatic carbocycles. The first-order valence-corrected chi connectivity index (χ1v) is 9.57. The van der Waals surface area contributed by atoms with E-state index in [0.717, 1.165) is 24.8 Å². The van der Waals surface area contributed by atoms with Crippen LogP contribution in [0.25, 0.3) is 0 Å². The van der Waals surface area contributed by atoms with Gasteiger partial charge < -0.3 is 4.74 Å². The number of hydrogen-bond donors (Lipinski definition) is 0. The Morgan fingerprint density at radius 3 is 2.26 bits per heavy atom. The van der Waals surface area contributed by atoms with E-state index in [1.54, 1.807) is 0 Å². The van der Waals surface area contributed by atoms with E-state index in [0.29, 0.717) is 12.2 Å². The van der Waals surface area contributed by atoms with Gasteiger partial charge in [0, 0.05) is 0 Å². The summed E-state index contributed by atoms with van der Waals surface area (Å²) in [5, 5.41) is 0. The molecular weight excluding hydrogens is 283 g/mol. The van der Waals surface area contributed by atoms with Crippen LogP contribution in [-0.2, 0) is 4.74 Å². The molecule has 0 atom stereocenters. The zero-order valence-corrected chi connectivity index (χ0v) is 14.2. The van der Waals surface area contributed by atoms with Crippen molar-refractivity contribution in [1.29, 1.82) is 0 Å². The summed E-state index contributed by atoms with van der Waals surface area (Å²) < 4.78 is 5.36. The van der Waals surface area contributed by atoms with Gasteiger partial charge in [-0.05, 0) is 18.6 Å². The zero-order chi connectivity index (χ0) is 15.9. The van der Waals surface area contributed by atoms with Crippen molar-refractivity contribution in [2.75, 3.05) is 6.61 Å². The zero-order valence-electron chi connectivity index (χ0n) is 14.2. The van der Waals surface area contributed by atoms with E-state index in [4.69, 9.17) is 4.74 Å². The maximum absolute atomic E-state index is 11.8. The highest BCUT2D eigenvalue weighted by Gasteiger charge is 2.37. The molecule has 2 aliphatic rings. The molecule has 0 amide bonds. The molecule has 23 heavy (non-hydrogen) atoms. The van der Waals surface area contributed by atoms with Gasteiger partial charge in [-0.15, -0.1) is 0 Å². The molecule has 2 bridgehead atoms. The second kappa shape index (κ2) is 8.56. The largest absolute Gasteiger partial charge is 0.462 e. The minimum atomic E-state index is -0.188. The van der Waals surface area contributed by atoms with Crippen LogP contribution in [0, 0.1) is 0 Å². The van der Waals surface area contributed by atoms with Gasteiger partial charge in [-0.3, -0.25) is 0 Å². The number of ether oxygens (including phenoxy) is 1. The predicted octanol–water partition coefficient (Wildman–Crippen LogP) is 5.62. The summed E-state index contributed by atoms with van der Waals surface area (Å²) in [6.07, 6.45) is 13.8. The van der Waals surface area contributed by atoms with Crippen LogP contribution in [0.5, 0.6) is 0 Å². The van der Waals surface area contributed by atoms with E-state index in [1.165, 1.54) is 57.7 Å². The molecule has 0 unspecified atom stereocenters. The summed E-state index contributed by atoms with van der Waals surface area (Å²) in [5.41, 5.74) is 0.655. The highest BCUT2D eigenvalue weighted by atomic mass is 16.5. The number of rotatable bonds is 7. The van der Waals surface area contributed by atoms with Crippen LogP contribution in [0.2, 0.25) is 18.0 Å². The van der Waals surface area contributed by atoms with Gasteiger partial charge in [0.05, 0.1) is 12.2 Å². The molecule has 0 saturated carbocycles. The van der Waals surface area contributed by atoms with E-state index in [1.807, 2.05) is 30.3 Å². The van der Waals surface area contributed by atoms with Crippen molar-refractivity contribution in [2.24, 2.45) is 0 Å². The molecule has 3 rings (SSSR count). The van der Waals surface area contributed by atoms with Crippen LogP contribution in [-0.4, -0.2) is 19.3 Å². The van der Waals surface area contributed by atoms with Crippen LogP contribution in [0.15, 0.2) is 30.3 Å². The molecule has 1 aromatic rings. The molecule has 2 nitrogen and oxygen atoms in total. The number of esters is 1. The molecule has 2 aliphatic heterocycles. The highest BCUT2D eigenvalue weighted by molar-refractivity contribution is 6.62. The van der Waals surface area contributed by atoms with Crippen molar-refractivity contribution < 1.29 is 9.53 Å². The fraction of sp³-hybridized carbons (Fsp3) is 0.650. The van der Waals surface area contributed by atoms with Crippen LogP contribution >= 0.6 is 0 Å². The van der Waals surface area contributed by atoms with Gasteiger partial charge in [-0.2, -0.15) is 0 Å². The van der Waals surface area contributed by atoms with Crippen molar-refractivity contribution in [3.8, 4) is 0 Å². The minimum absolute atomic E-state index is 0.188. The number of fused-ring (bicyclic) bond motifs is 2. The number of carbonyl (C=O) groups excluding carboxylic acids is 1. The average molecular weight is 312 g/mol. The lowest BCUT2D eigenvalue weighted by Gasteiger charge is -2.40. The van der Waals surface area contributed by atoms with Gasteiger partial charge in [-0.25, -0.2) is 4.79 Å². The summed E-state index contributed by atoms with van der Waals surface area (Å²) in [5.74, 6) is 1.87. The third-order valence-corrected chi connectivity index (χ3v) is 5.94. The van der Waals surface area contributed by atoms with Crippen LogP contribution in [0.3, 0.4) is 0 Å². The average Bonchev–Trinajstić information content (AvgIpc) is 2.58. The molecule has 0 N–H and O–H groups in total. The number of carbonyl (C=O) groups is 1. The second-order valence-corrected chi connectivity index (χ2v) is 7.40. The fourth-order valence-electron chi connectivity index (χ4n) is 4.77. The molecular formula is C20H29BO2. The first-order chi connectivity index (χ1) is 11.3. The van der Waals surface area contributed by atoms with Crippen molar-refractivity contribution in [3.05, 3.63) is 35.9 Å². The Hall–Kier alpha value is -1.25. The first kappa shape index (κ1) is 16.6. The van der Waals surface area contributed by atoms with Crippen LogP contribution in [0.1, 0.15) is 68.1 Å². The molecule has 2 heterocycles. The molecule has 2 saturated heterocycles. The lowest BCUT2D eigenvalue weighted by atomic mass is 9.26. The Labute approximate surface area is 141 Å². The van der Waals surface area contributed by atoms with Crippen molar-refractivity contribution >= 4 is 12.7 Å². The summed E-state index contributed by atoms with van der Waals surface area (Å²) in [6.45, 7) is 1.56. The van der Waals surface area contributed by atoms with E-state index < -0.39 is 0 Å². The van der Waals surface area contributed by atoms with Crippen molar-refractivity contribution in [3.63, 3.8) is 0 Å². The lowest BCUT2D eigenvalue weighted by Crippen LogP contribution is -2.34. The topological polar surface area (TPSA) is 26.3 Å². The van der Waals surface area contributed by atoms with Crippen LogP contribution < -0.4 is 0 Å². The fourth-order valence-corrected chi connectivity index (χ4v) is 4.77. The van der Waals surface area contributed by atoms with Crippen molar-refractivity contribution in [1.82, 2.24) is 0 Å².